The van der Waals surface area contributed by atoms with E-state index in [1.54, 1.807) is 0 Å². The summed E-state index contributed by atoms with van der Waals surface area (Å²) >= 11 is 0. The van der Waals surface area contributed by atoms with Crippen LogP contribution in [0.5, 0.6) is 0 Å². The Balaban J connectivity index is 1.79. The lowest BCUT2D eigenvalue weighted by Crippen LogP contribution is -2.24. The zero-order valence-electron chi connectivity index (χ0n) is 19.7. The number of hydrogen-bond donors (Lipinski definition) is 2. The quantitative estimate of drug-likeness (QED) is 0.370. The molecule has 0 fully saturated rings. The van der Waals surface area contributed by atoms with Gasteiger partial charge in [-0.25, -0.2) is 0 Å². The van der Waals surface area contributed by atoms with Crippen molar-refractivity contribution >= 4 is 33.2 Å². The molecular formula is C29H30N2O2. The molecule has 0 aliphatic carbocycles. The van der Waals surface area contributed by atoms with Crippen molar-refractivity contribution in [1.29, 1.82) is 0 Å². The lowest BCUT2D eigenvalue weighted by molar-refractivity contribution is -0.127. The molecule has 4 aromatic rings. The van der Waals surface area contributed by atoms with Crippen LogP contribution in [-0.4, -0.2) is 18.7 Å². The molecule has 0 saturated carbocycles. The lowest BCUT2D eigenvalue weighted by Gasteiger charge is -2.17. The van der Waals surface area contributed by atoms with Crippen LogP contribution in [-0.2, 0) is 22.7 Å². The maximum atomic E-state index is 11.9. The molecule has 4 heteroatoms. The summed E-state index contributed by atoms with van der Waals surface area (Å²) in [7, 11) is 1.97. The van der Waals surface area contributed by atoms with E-state index in [0.29, 0.717) is 6.54 Å². The predicted octanol–water partition coefficient (Wildman–Crippen LogP) is 5.59. The van der Waals surface area contributed by atoms with Crippen molar-refractivity contribution in [3.8, 4) is 11.1 Å². The van der Waals surface area contributed by atoms with Gasteiger partial charge in [-0.05, 0) is 94.9 Å². The molecule has 0 atom stereocenters. The molecule has 168 valence electrons. The maximum absolute atomic E-state index is 11.9. The van der Waals surface area contributed by atoms with Gasteiger partial charge in [-0.3, -0.25) is 9.59 Å². The highest BCUT2D eigenvalue weighted by Gasteiger charge is 2.14. The van der Waals surface area contributed by atoms with Crippen LogP contribution in [0.1, 0.15) is 35.6 Å². The number of nitrogens with one attached hydrogen (secondary N) is 2. The number of aryl methyl sites for hydroxylation is 2. The Labute approximate surface area is 195 Å². The smallest absolute Gasteiger partial charge is 0.227 e. The van der Waals surface area contributed by atoms with Crippen molar-refractivity contribution in [2.24, 2.45) is 0 Å². The van der Waals surface area contributed by atoms with Gasteiger partial charge in [0.25, 0.3) is 0 Å². The van der Waals surface area contributed by atoms with Crippen LogP contribution in [0.25, 0.3) is 32.7 Å². The topological polar surface area (TPSA) is 58.2 Å². The molecule has 0 radical (unpaired) electrons. The number of Topliss-reactive ketones (excluding diaryl/α,β-unsaturated/α-hetero) is 1. The van der Waals surface area contributed by atoms with Gasteiger partial charge in [-0.2, -0.15) is 0 Å². The number of fused-ring (bicyclic) bond motifs is 2. The average Bonchev–Trinajstić information content (AvgIpc) is 2.78. The molecule has 0 bridgehead atoms. The van der Waals surface area contributed by atoms with E-state index in [2.05, 4.69) is 85.1 Å². The van der Waals surface area contributed by atoms with Crippen molar-refractivity contribution in [2.75, 3.05) is 7.05 Å². The largest absolute Gasteiger partial charge is 0.352 e. The molecule has 2 N–H and O–H groups in total. The second-order valence-corrected chi connectivity index (χ2v) is 8.81. The Morgan fingerprint density at radius 1 is 0.727 bits per heavy atom. The number of ketones is 1. The van der Waals surface area contributed by atoms with E-state index in [1.807, 2.05) is 7.05 Å². The molecule has 4 rings (SSSR count). The molecule has 4 nitrogen and oxygen atoms in total. The minimum atomic E-state index is -0.240. The van der Waals surface area contributed by atoms with Crippen molar-refractivity contribution in [3.63, 3.8) is 0 Å². The second kappa shape index (κ2) is 9.55. The Kier molecular flexibility index (Phi) is 6.57. The third-order valence-electron chi connectivity index (χ3n) is 6.12. The Morgan fingerprint density at radius 3 is 1.73 bits per heavy atom. The zero-order chi connectivity index (χ0) is 23.5. The first kappa shape index (κ1) is 22.7. The van der Waals surface area contributed by atoms with Crippen LogP contribution in [0.2, 0.25) is 0 Å². The van der Waals surface area contributed by atoms with Crippen molar-refractivity contribution in [2.45, 2.75) is 40.3 Å². The third-order valence-corrected chi connectivity index (χ3v) is 6.12. The molecule has 0 aromatic heterocycles. The summed E-state index contributed by atoms with van der Waals surface area (Å²) in [6.07, 6.45) is -0.0761. The summed E-state index contributed by atoms with van der Waals surface area (Å²) in [5.74, 6) is -0.370. The molecule has 0 spiro atoms. The minimum absolute atomic E-state index is 0.0761. The van der Waals surface area contributed by atoms with E-state index in [-0.39, 0.29) is 18.1 Å². The van der Waals surface area contributed by atoms with Gasteiger partial charge in [0.15, 0.2) is 0 Å². The predicted molar refractivity (Wildman–Crippen MR) is 136 cm³/mol. The Morgan fingerprint density at radius 2 is 1.24 bits per heavy atom. The molecule has 33 heavy (non-hydrogen) atoms. The lowest BCUT2D eigenvalue weighted by atomic mass is 9.87. The van der Waals surface area contributed by atoms with E-state index < -0.39 is 0 Å². The van der Waals surface area contributed by atoms with Gasteiger partial charge >= 0.3 is 0 Å². The van der Waals surface area contributed by atoms with E-state index in [9.17, 15) is 9.59 Å². The molecule has 4 aromatic carbocycles. The minimum Gasteiger partial charge on any atom is -0.352 e. The average molecular weight is 439 g/mol. The fraction of sp³-hybridized carbons (Fsp3) is 0.241. The van der Waals surface area contributed by atoms with Gasteiger partial charge in [-0.1, -0.05) is 48.5 Å². The van der Waals surface area contributed by atoms with Crippen LogP contribution >= 0.6 is 0 Å². The third kappa shape index (κ3) is 4.81. The normalized spacial score (nSPS) is 11.2. The number of benzene rings is 4. The summed E-state index contributed by atoms with van der Waals surface area (Å²) in [4.78, 5) is 23.0. The number of carbonyl (C=O) groups excluding carboxylic acids is 2. The molecule has 0 unspecified atom stereocenters. The van der Waals surface area contributed by atoms with Gasteiger partial charge in [0.2, 0.25) is 5.91 Å². The summed E-state index contributed by atoms with van der Waals surface area (Å²) < 4.78 is 0. The molecule has 0 heterocycles. The van der Waals surface area contributed by atoms with Crippen molar-refractivity contribution < 1.29 is 9.59 Å². The molecular weight excluding hydrogens is 408 g/mol. The molecule has 0 aliphatic rings. The Bertz CT molecular complexity index is 1370. The fourth-order valence-electron chi connectivity index (χ4n) is 4.55. The van der Waals surface area contributed by atoms with Crippen molar-refractivity contribution in [1.82, 2.24) is 10.6 Å². The number of carbonyl (C=O) groups is 2. The highest BCUT2D eigenvalue weighted by molar-refractivity contribution is 6.08. The highest BCUT2D eigenvalue weighted by atomic mass is 16.2. The van der Waals surface area contributed by atoms with E-state index in [0.717, 1.165) is 17.5 Å². The standard InChI is InChI=1S/C29H30N2O2/c1-18-5-9-23-14-21(16-30-4)7-11-25(23)28(18)29-19(2)6-10-24-15-22(8-12-26(24)29)17-31-27(33)13-20(3)32/h5-12,14-15,30H,13,16-17H2,1-4H3,(H,31,33). The van der Waals surface area contributed by atoms with Crippen LogP contribution in [0.4, 0.5) is 0 Å². The molecule has 0 saturated heterocycles. The van der Waals surface area contributed by atoms with Crippen LogP contribution in [0.3, 0.4) is 0 Å². The first-order valence-corrected chi connectivity index (χ1v) is 11.3. The van der Waals surface area contributed by atoms with Gasteiger partial charge in [0, 0.05) is 13.1 Å². The monoisotopic (exact) mass is 438 g/mol. The summed E-state index contributed by atoms with van der Waals surface area (Å²) in [5, 5.41) is 10.9. The summed E-state index contributed by atoms with van der Waals surface area (Å²) in [6, 6.07) is 21.8. The summed E-state index contributed by atoms with van der Waals surface area (Å²) in [6.45, 7) is 7.02. The van der Waals surface area contributed by atoms with Gasteiger partial charge in [-0.15, -0.1) is 0 Å². The Hall–Kier alpha value is -3.50. The molecule has 1 amide bonds. The first-order chi connectivity index (χ1) is 15.9. The number of rotatable bonds is 7. The second-order valence-electron chi connectivity index (χ2n) is 8.81. The zero-order valence-corrected chi connectivity index (χ0v) is 19.7. The van der Waals surface area contributed by atoms with E-state index in [4.69, 9.17) is 0 Å². The van der Waals surface area contributed by atoms with E-state index >= 15 is 0 Å². The fourth-order valence-corrected chi connectivity index (χ4v) is 4.55. The van der Waals surface area contributed by atoms with Gasteiger partial charge in [0.05, 0.1) is 6.42 Å². The number of hydrogen-bond acceptors (Lipinski definition) is 3. The van der Waals surface area contributed by atoms with Gasteiger partial charge in [0.1, 0.15) is 5.78 Å². The van der Waals surface area contributed by atoms with Crippen LogP contribution < -0.4 is 10.6 Å². The summed E-state index contributed by atoms with van der Waals surface area (Å²) in [5.41, 5.74) is 7.30. The van der Waals surface area contributed by atoms with E-state index in [1.165, 1.54) is 50.9 Å². The highest BCUT2D eigenvalue weighted by Crippen LogP contribution is 2.39. The molecule has 0 aliphatic heterocycles. The van der Waals surface area contributed by atoms with Crippen LogP contribution in [0, 0.1) is 13.8 Å². The van der Waals surface area contributed by atoms with Crippen molar-refractivity contribution in [3.05, 3.63) is 82.9 Å². The number of amides is 1. The maximum Gasteiger partial charge on any atom is 0.227 e. The SMILES string of the molecule is CNCc1ccc2c(-c3c(C)ccc4cc(CNC(=O)CC(C)=O)ccc34)c(C)ccc2c1. The van der Waals surface area contributed by atoms with Gasteiger partial charge < -0.3 is 10.6 Å². The first-order valence-electron chi connectivity index (χ1n) is 11.3. The van der Waals surface area contributed by atoms with Crippen LogP contribution in [0.15, 0.2) is 60.7 Å².